The van der Waals surface area contributed by atoms with Gasteiger partial charge in [-0.25, -0.2) is 9.37 Å². The minimum absolute atomic E-state index is 0.0259. The van der Waals surface area contributed by atoms with Crippen LogP contribution in [0.5, 0.6) is 0 Å². The molecule has 6 nitrogen and oxygen atoms in total. The van der Waals surface area contributed by atoms with Crippen molar-refractivity contribution in [2.75, 3.05) is 36.4 Å². The lowest BCUT2D eigenvalue weighted by Gasteiger charge is -2.36. The summed E-state index contributed by atoms with van der Waals surface area (Å²) in [7, 11) is 0. The number of amides is 1. The average Bonchev–Trinajstić information content (AvgIpc) is 2.75. The summed E-state index contributed by atoms with van der Waals surface area (Å²) in [5, 5.41) is 3.43. The summed E-state index contributed by atoms with van der Waals surface area (Å²) >= 11 is 0. The number of aromatic nitrogens is 1. The zero-order valence-corrected chi connectivity index (χ0v) is 17.6. The molecule has 2 saturated heterocycles. The van der Waals surface area contributed by atoms with Gasteiger partial charge in [0.05, 0.1) is 17.8 Å². The van der Waals surface area contributed by atoms with Crippen LogP contribution in [0.15, 0.2) is 42.6 Å². The molecule has 0 aliphatic carbocycles. The van der Waals surface area contributed by atoms with Gasteiger partial charge in [0.1, 0.15) is 11.6 Å². The number of ether oxygens (including phenoxy) is 1. The number of carbonyl (C=O) groups is 1. The molecule has 2 atom stereocenters. The van der Waals surface area contributed by atoms with E-state index in [-0.39, 0.29) is 30.0 Å². The molecule has 2 aliphatic rings. The van der Waals surface area contributed by atoms with Crippen molar-refractivity contribution in [3.05, 3.63) is 54.0 Å². The number of pyridine rings is 1. The number of nitrogens with one attached hydrogen (secondary N) is 1. The number of nitrogens with zero attached hydrogens (tertiary/aromatic N) is 3. The molecule has 0 unspecified atom stereocenters. The Morgan fingerprint density at radius 3 is 2.33 bits per heavy atom. The summed E-state index contributed by atoms with van der Waals surface area (Å²) < 4.78 is 18.8. The number of rotatable bonds is 4. The van der Waals surface area contributed by atoms with Crippen LogP contribution in [0.4, 0.5) is 15.9 Å². The molecule has 30 heavy (non-hydrogen) atoms. The standard InChI is InChI=1S/C23H29FN4O2/c1-16-14-28(15-17(2)30-16)22-8-3-18(13-25-22)23(29)27-11-9-21(10-12-27)26-20-6-4-19(24)5-7-20/h3-8,13,16-17,21,26H,9-12,14-15H2,1-2H3/t16-,17-/m1/s1. The lowest BCUT2D eigenvalue weighted by atomic mass is 10.0. The third-order valence-corrected chi connectivity index (χ3v) is 5.74. The van der Waals surface area contributed by atoms with Crippen LogP contribution in [0.25, 0.3) is 0 Å². The topological polar surface area (TPSA) is 57.7 Å². The van der Waals surface area contributed by atoms with Gasteiger partial charge in [0, 0.05) is 44.1 Å². The number of hydrogen-bond donors (Lipinski definition) is 1. The Hall–Kier alpha value is -2.67. The lowest BCUT2D eigenvalue weighted by Crippen LogP contribution is -2.46. The molecule has 1 amide bonds. The average molecular weight is 413 g/mol. The molecule has 2 aromatic rings. The number of carbonyl (C=O) groups excluding carboxylic acids is 1. The maximum atomic E-state index is 13.0. The predicted molar refractivity (Wildman–Crippen MR) is 115 cm³/mol. The first-order valence-electron chi connectivity index (χ1n) is 10.7. The maximum Gasteiger partial charge on any atom is 0.255 e. The molecule has 1 aromatic heterocycles. The second kappa shape index (κ2) is 9.00. The van der Waals surface area contributed by atoms with E-state index >= 15 is 0 Å². The Bertz CT molecular complexity index is 841. The molecule has 1 N–H and O–H groups in total. The zero-order chi connectivity index (χ0) is 21.1. The van der Waals surface area contributed by atoms with Crippen LogP contribution in [0.3, 0.4) is 0 Å². The molecule has 0 spiro atoms. The fourth-order valence-electron chi connectivity index (χ4n) is 4.26. The molecular weight excluding hydrogens is 383 g/mol. The fourth-order valence-corrected chi connectivity index (χ4v) is 4.26. The van der Waals surface area contributed by atoms with Gasteiger partial charge in [0.15, 0.2) is 0 Å². The monoisotopic (exact) mass is 412 g/mol. The number of piperidine rings is 1. The summed E-state index contributed by atoms with van der Waals surface area (Å²) in [6.45, 7) is 7.12. The van der Waals surface area contributed by atoms with Gasteiger partial charge in [-0.2, -0.15) is 0 Å². The van der Waals surface area contributed by atoms with Gasteiger partial charge in [0.25, 0.3) is 5.91 Å². The van der Waals surface area contributed by atoms with Crippen molar-refractivity contribution in [2.45, 2.75) is 44.9 Å². The van der Waals surface area contributed by atoms with E-state index in [1.54, 1.807) is 18.3 Å². The van der Waals surface area contributed by atoms with Crippen LogP contribution in [0.1, 0.15) is 37.0 Å². The second-order valence-corrected chi connectivity index (χ2v) is 8.29. The quantitative estimate of drug-likeness (QED) is 0.832. The Labute approximate surface area is 177 Å². The number of benzene rings is 1. The molecule has 4 rings (SSSR count). The van der Waals surface area contributed by atoms with E-state index in [2.05, 4.69) is 29.0 Å². The van der Waals surface area contributed by atoms with Gasteiger partial charge in [-0.3, -0.25) is 4.79 Å². The first-order chi connectivity index (χ1) is 14.5. The minimum atomic E-state index is -0.238. The van der Waals surface area contributed by atoms with E-state index in [0.29, 0.717) is 18.7 Å². The van der Waals surface area contributed by atoms with Crippen molar-refractivity contribution >= 4 is 17.4 Å². The van der Waals surface area contributed by atoms with Crippen molar-refractivity contribution in [3.63, 3.8) is 0 Å². The fraction of sp³-hybridized carbons (Fsp3) is 0.478. The van der Waals surface area contributed by atoms with E-state index < -0.39 is 0 Å². The SMILES string of the molecule is C[C@@H]1CN(c2ccc(C(=O)N3CCC(Nc4ccc(F)cc4)CC3)cn2)C[C@@H](C)O1. The van der Waals surface area contributed by atoms with Gasteiger partial charge >= 0.3 is 0 Å². The summed E-state index contributed by atoms with van der Waals surface area (Å²) in [6, 6.07) is 10.5. The van der Waals surface area contributed by atoms with Crippen LogP contribution in [-0.4, -0.2) is 60.2 Å². The number of anilines is 2. The third-order valence-electron chi connectivity index (χ3n) is 5.74. The van der Waals surface area contributed by atoms with Crippen LogP contribution in [0, 0.1) is 5.82 Å². The molecule has 1 aromatic carbocycles. The molecule has 2 aliphatic heterocycles. The summed E-state index contributed by atoms with van der Waals surface area (Å²) in [4.78, 5) is 21.5. The van der Waals surface area contributed by atoms with Gasteiger partial charge < -0.3 is 19.9 Å². The molecule has 2 fully saturated rings. The maximum absolute atomic E-state index is 13.0. The van der Waals surface area contributed by atoms with Crippen molar-refractivity contribution in [1.29, 1.82) is 0 Å². The predicted octanol–water partition coefficient (Wildman–Crippen LogP) is 3.55. The Morgan fingerprint density at radius 1 is 1.07 bits per heavy atom. The first kappa shape index (κ1) is 20.6. The largest absolute Gasteiger partial charge is 0.382 e. The van der Waals surface area contributed by atoms with Crippen molar-refractivity contribution < 1.29 is 13.9 Å². The number of likely N-dealkylation sites (tertiary alicyclic amines) is 1. The van der Waals surface area contributed by atoms with Gasteiger partial charge in [-0.15, -0.1) is 0 Å². The molecule has 0 radical (unpaired) electrons. The molecule has 7 heteroatoms. The minimum Gasteiger partial charge on any atom is -0.382 e. The van der Waals surface area contributed by atoms with Gasteiger partial charge in [-0.1, -0.05) is 0 Å². The highest BCUT2D eigenvalue weighted by atomic mass is 19.1. The normalized spacial score (nSPS) is 22.8. The van der Waals surface area contributed by atoms with E-state index in [1.165, 1.54) is 12.1 Å². The molecule has 3 heterocycles. The molecular formula is C23H29FN4O2. The second-order valence-electron chi connectivity index (χ2n) is 8.29. The van der Waals surface area contributed by atoms with E-state index in [1.807, 2.05) is 17.0 Å². The summed E-state index contributed by atoms with van der Waals surface area (Å²) in [6.07, 6.45) is 3.74. The van der Waals surface area contributed by atoms with E-state index in [9.17, 15) is 9.18 Å². The number of hydrogen-bond acceptors (Lipinski definition) is 5. The van der Waals surface area contributed by atoms with E-state index in [4.69, 9.17) is 4.74 Å². The van der Waals surface area contributed by atoms with Crippen LogP contribution in [0.2, 0.25) is 0 Å². The highest BCUT2D eigenvalue weighted by Crippen LogP contribution is 2.21. The van der Waals surface area contributed by atoms with Gasteiger partial charge in [0.2, 0.25) is 0 Å². The van der Waals surface area contributed by atoms with Crippen molar-refractivity contribution in [3.8, 4) is 0 Å². The Kier molecular flexibility index (Phi) is 6.18. The number of morpholine rings is 1. The third kappa shape index (κ3) is 4.90. The first-order valence-corrected chi connectivity index (χ1v) is 10.7. The number of halogens is 1. The van der Waals surface area contributed by atoms with Gasteiger partial charge in [-0.05, 0) is 63.1 Å². The van der Waals surface area contributed by atoms with Crippen LogP contribution < -0.4 is 10.2 Å². The summed E-state index contributed by atoms with van der Waals surface area (Å²) in [5.74, 6) is 0.673. The smallest absolute Gasteiger partial charge is 0.255 e. The highest BCUT2D eigenvalue weighted by molar-refractivity contribution is 5.94. The van der Waals surface area contributed by atoms with Crippen molar-refractivity contribution in [2.24, 2.45) is 0 Å². The Morgan fingerprint density at radius 2 is 1.73 bits per heavy atom. The molecule has 0 saturated carbocycles. The zero-order valence-electron chi connectivity index (χ0n) is 17.6. The molecule has 160 valence electrons. The van der Waals surface area contributed by atoms with E-state index in [0.717, 1.165) is 37.4 Å². The molecule has 0 bridgehead atoms. The lowest BCUT2D eigenvalue weighted by molar-refractivity contribution is -0.00546. The highest BCUT2D eigenvalue weighted by Gasteiger charge is 2.25. The van der Waals surface area contributed by atoms with Crippen LogP contribution >= 0.6 is 0 Å². The van der Waals surface area contributed by atoms with Crippen molar-refractivity contribution in [1.82, 2.24) is 9.88 Å². The Balaban J connectivity index is 1.31. The van der Waals surface area contributed by atoms with Crippen LogP contribution in [-0.2, 0) is 4.74 Å². The summed E-state index contributed by atoms with van der Waals surface area (Å²) in [5.41, 5.74) is 1.53.